The number of hydrogen-bond donors (Lipinski definition) is 2. The van der Waals surface area contributed by atoms with E-state index in [-0.39, 0.29) is 11.4 Å². The van der Waals surface area contributed by atoms with Gasteiger partial charge in [0.1, 0.15) is 5.82 Å². The lowest BCUT2D eigenvalue weighted by Gasteiger charge is -2.33. The van der Waals surface area contributed by atoms with Crippen LogP contribution in [0.2, 0.25) is 0 Å². The number of rotatable bonds is 8. The number of hydrogen-bond acceptors (Lipinski definition) is 6. The maximum atomic E-state index is 13.0. The Balaban J connectivity index is 1.25. The molecule has 168 valence electrons. The second kappa shape index (κ2) is 9.05. The minimum absolute atomic E-state index is 0.209. The van der Waals surface area contributed by atoms with Gasteiger partial charge in [0.05, 0.1) is 11.9 Å². The van der Waals surface area contributed by atoms with Crippen molar-refractivity contribution in [2.75, 3.05) is 43.9 Å². The Morgan fingerprint density at radius 2 is 1.90 bits per heavy atom. The highest BCUT2D eigenvalue weighted by Crippen LogP contribution is 2.40. The smallest absolute Gasteiger partial charge is 0.290 e. The molecule has 10 heteroatoms. The predicted octanol–water partition coefficient (Wildman–Crippen LogP) is 1.07. The molecule has 0 bridgehead atoms. The maximum Gasteiger partial charge on any atom is 0.290 e. The highest BCUT2D eigenvalue weighted by Gasteiger charge is 2.37. The van der Waals surface area contributed by atoms with Gasteiger partial charge in [-0.1, -0.05) is 12.1 Å². The molecular formula is C21H28FN5O3S. The Morgan fingerprint density at radius 3 is 2.58 bits per heavy atom. The number of aryl methyl sites for hydroxylation is 1. The number of halogens is 1. The van der Waals surface area contributed by atoms with Gasteiger partial charge in [0.2, 0.25) is 10.0 Å². The topological polar surface area (TPSA) is 98.4 Å². The molecule has 2 aromatic rings. The molecule has 31 heavy (non-hydrogen) atoms. The summed E-state index contributed by atoms with van der Waals surface area (Å²) in [5.74, 6) is 0.597. The molecule has 2 aliphatic rings. The number of nitrogens with zero attached hydrogens (tertiary/aromatic N) is 3. The average Bonchev–Trinajstić information content (AvgIpc) is 3.52. The highest BCUT2D eigenvalue weighted by molar-refractivity contribution is 7.88. The summed E-state index contributed by atoms with van der Waals surface area (Å²) in [6, 6.07) is 7.14. The molecule has 0 amide bonds. The SMILES string of the molecule is CS(=O)(=O)N1CCN(c2nc(CCCN[C@@H]3C[C@H]3c3ccc(F)cc3)c[nH]c2=O)CC1. The fourth-order valence-corrected chi connectivity index (χ4v) is 4.89. The summed E-state index contributed by atoms with van der Waals surface area (Å²) < 4.78 is 37.8. The zero-order valence-corrected chi connectivity index (χ0v) is 18.4. The first-order valence-electron chi connectivity index (χ1n) is 10.6. The Kier molecular flexibility index (Phi) is 6.40. The third-order valence-corrected chi connectivity index (χ3v) is 7.24. The summed E-state index contributed by atoms with van der Waals surface area (Å²) in [6.45, 7) is 2.43. The molecule has 1 aromatic heterocycles. The molecular weight excluding hydrogens is 421 g/mol. The lowest BCUT2D eigenvalue weighted by atomic mass is 10.1. The van der Waals surface area contributed by atoms with Crippen molar-refractivity contribution >= 4 is 15.8 Å². The van der Waals surface area contributed by atoms with Crippen LogP contribution in [0.1, 0.15) is 30.0 Å². The number of aromatic amines is 1. The molecule has 0 radical (unpaired) electrons. The fourth-order valence-electron chi connectivity index (χ4n) is 4.06. The average molecular weight is 450 g/mol. The summed E-state index contributed by atoms with van der Waals surface area (Å²) >= 11 is 0. The van der Waals surface area contributed by atoms with E-state index in [0.717, 1.165) is 31.5 Å². The number of nitrogens with one attached hydrogen (secondary N) is 2. The van der Waals surface area contributed by atoms with Gasteiger partial charge in [0, 0.05) is 44.3 Å². The van der Waals surface area contributed by atoms with E-state index in [9.17, 15) is 17.6 Å². The zero-order valence-electron chi connectivity index (χ0n) is 17.6. The largest absolute Gasteiger partial charge is 0.349 e. The molecule has 1 aliphatic carbocycles. The van der Waals surface area contributed by atoms with Crippen LogP contribution in [0.4, 0.5) is 10.2 Å². The molecule has 2 fully saturated rings. The molecule has 0 unspecified atom stereocenters. The number of H-pyrrole nitrogens is 1. The Labute approximate surface area is 181 Å². The first-order chi connectivity index (χ1) is 14.8. The van der Waals surface area contributed by atoms with Crippen molar-refractivity contribution in [3.8, 4) is 0 Å². The Bertz CT molecular complexity index is 1070. The molecule has 1 saturated carbocycles. The minimum atomic E-state index is -3.21. The summed E-state index contributed by atoms with van der Waals surface area (Å²) in [5, 5.41) is 3.53. The van der Waals surface area contributed by atoms with Gasteiger partial charge in [-0.05, 0) is 43.5 Å². The third kappa shape index (κ3) is 5.50. The predicted molar refractivity (Wildman–Crippen MR) is 117 cm³/mol. The molecule has 4 rings (SSSR count). The minimum Gasteiger partial charge on any atom is -0.349 e. The number of aromatic nitrogens is 2. The van der Waals surface area contributed by atoms with Crippen LogP contribution in [0, 0.1) is 5.82 Å². The molecule has 1 saturated heterocycles. The third-order valence-electron chi connectivity index (χ3n) is 5.93. The van der Waals surface area contributed by atoms with Crippen LogP contribution in [0.25, 0.3) is 0 Å². The van der Waals surface area contributed by atoms with Crippen LogP contribution in [0.5, 0.6) is 0 Å². The molecule has 1 aliphatic heterocycles. The second-order valence-corrected chi connectivity index (χ2v) is 10.2. The number of sulfonamides is 1. The van der Waals surface area contributed by atoms with E-state index < -0.39 is 10.0 Å². The normalized spacial score (nSPS) is 21.9. The maximum absolute atomic E-state index is 13.0. The summed E-state index contributed by atoms with van der Waals surface area (Å²) in [5.41, 5.74) is 1.73. The Morgan fingerprint density at radius 1 is 1.19 bits per heavy atom. The first kappa shape index (κ1) is 21.9. The van der Waals surface area contributed by atoms with Crippen molar-refractivity contribution in [3.05, 3.63) is 57.9 Å². The van der Waals surface area contributed by atoms with Crippen molar-refractivity contribution in [1.82, 2.24) is 19.6 Å². The van der Waals surface area contributed by atoms with Crippen LogP contribution in [-0.4, -0.2) is 67.7 Å². The van der Waals surface area contributed by atoms with Gasteiger partial charge in [-0.15, -0.1) is 0 Å². The van der Waals surface area contributed by atoms with E-state index in [2.05, 4.69) is 15.3 Å². The molecule has 2 atom stereocenters. The summed E-state index contributed by atoms with van der Waals surface area (Å²) in [4.78, 5) is 21.4. The van der Waals surface area contributed by atoms with Crippen LogP contribution in [-0.2, 0) is 16.4 Å². The summed E-state index contributed by atoms with van der Waals surface area (Å²) in [6.07, 6.45) is 5.52. The van der Waals surface area contributed by atoms with Gasteiger partial charge in [0.25, 0.3) is 5.56 Å². The number of anilines is 1. The van der Waals surface area contributed by atoms with Gasteiger partial charge in [-0.2, -0.15) is 4.31 Å². The first-order valence-corrected chi connectivity index (χ1v) is 12.4. The van der Waals surface area contributed by atoms with E-state index in [1.807, 2.05) is 17.0 Å². The van der Waals surface area contributed by atoms with Crippen molar-refractivity contribution in [1.29, 1.82) is 0 Å². The van der Waals surface area contributed by atoms with Crippen LogP contribution in [0.15, 0.2) is 35.3 Å². The van der Waals surface area contributed by atoms with E-state index >= 15 is 0 Å². The number of piperazine rings is 1. The standard InChI is InChI=1S/C21H28FN5O3S/c1-31(29,30)27-11-9-26(10-12-27)20-21(28)24-14-17(25-20)3-2-8-23-19-13-18(19)15-4-6-16(22)7-5-15/h4-7,14,18-19,23H,2-3,8-13H2,1H3,(H,24,28)/t18-,19+/m0/s1. The van der Waals surface area contributed by atoms with Gasteiger partial charge < -0.3 is 15.2 Å². The zero-order chi connectivity index (χ0) is 22.0. The van der Waals surface area contributed by atoms with E-state index in [4.69, 9.17) is 0 Å². The van der Waals surface area contributed by atoms with Crippen molar-refractivity contribution in [2.45, 2.75) is 31.2 Å². The van der Waals surface area contributed by atoms with Gasteiger partial charge in [-0.25, -0.2) is 17.8 Å². The fraction of sp³-hybridized carbons (Fsp3) is 0.524. The second-order valence-electron chi connectivity index (χ2n) is 8.25. The van der Waals surface area contributed by atoms with Gasteiger partial charge >= 0.3 is 0 Å². The molecule has 2 heterocycles. The van der Waals surface area contributed by atoms with Gasteiger partial charge in [0.15, 0.2) is 5.82 Å². The van der Waals surface area contributed by atoms with Crippen LogP contribution in [0.3, 0.4) is 0 Å². The van der Waals surface area contributed by atoms with E-state index in [0.29, 0.717) is 44.0 Å². The van der Waals surface area contributed by atoms with Crippen LogP contribution < -0.4 is 15.8 Å². The summed E-state index contributed by atoms with van der Waals surface area (Å²) in [7, 11) is -3.21. The van der Waals surface area contributed by atoms with Crippen molar-refractivity contribution < 1.29 is 12.8 Å². The molecule has 0 spiro atoms. The monoisotopic (exact) mass is 449 g/mol. The van der Waals surface area contributed by atoms with E-state index in [1.165, 1.54) is 28.3 Å². The number of benzene rings is 1. The van der Waals surface area contributed by atoms with Crippen molar-refractivity contribution in [3.63, 3.8) is 0 Å². The highest BCUT2D eigenvalue weighted by atomic mass is 32.2. The molecule has 1 aromatic carbocycles. The lowest BCUT2D eigenvalue weighted by Crippen LogP contribution is -2.49. The van der Waals surface area contributed by atoms with Crippen molar-refractivity contribution in [2.24, 2.45) is 0 Å². The molecule has 2 N–H and O–H groups in total. The van der Waals surface area contributed by atoms with E-state index in [1.54, 1.807) is 6.20 Å². The lowest BCUT2D eigenvalue weighted by molar-refractivity contribution is 0.386. The van der Waals surface area contributed by atoms with Gasteiger partial charge in [-0.3, -0.25) is 4.79 Å². The molecule has 8 nitrogen and oxygen atoms in total. The Hall–Kier alpha value is -2.30. The quantitative estimate of drug-likeness (QED) is 0.585. The van der Waals surface area contributed by atoms with Crippen LogP contribution >= 0.6 is 0 Å².